The van der Waals surface area contributed by atoms with Gasteiger partial charge in [-0.3, -0.25) is 9.59 Å². The monoisotopic (exact) mass is 308 g/mol. The Labute approximate surface area is 130 Å². The Hall–Kier alpha value is -1.55. The molecule has 0 saturated carbocycles. The van der Waals surface area contributed by atoms with Gasteiger partial charge < -0.3 is 10.2 Å². The highest BCUT2D eigenvalue weighted by molar-refractivity contribution is 6.31. The van der Waals surface area contributed by atoms with Crippen LogP contribution in [0, 0.1) is 0 Å². The van der Waals surface area contributed by atoms with Crippen molar-refractivity contribution < 1.29 is 9.59 Å². The summed E-state index contributed by atoms with van der Waals surface area (Å²) in [6.45, 7) is 5.87. The average Bonchev–Trinajstić information content (AvgIpc) is 2.43. The van der Waals surface area contributed by atoms with Crippen LogP contribution in [0.3, 0.4) is 0 Å². The predicted molar refractivity (Wildman–Crippen MR) is 82.9 cm³/mol. The van der Waals surface area contributed by atoms with Gasteiger partial charge >= 0.3 is 0 Å². The van der Waals surface area contributed by atoms with Crippen molar-refractivity contribution in [3.05, 3.63) is 34.9 Å². The maximum Gasteiger partial charge on any atom is 0.246 e. The summed E-state index contributed by atoms with van der Waals surface area (Å²) < 4.78 is 0. The second-order valence-corrected chi connectivity index (χ2v) is 6.30. The molecule has 4 nitrogen and oxygen atoms in total. The Morgan fingerprint density at radius 3 is 2.57 bits per heavy atom. The zero-order valence-corrected chi connectivity index (χ0v) is 13.4. The number of nitrogens with zero attached hydrogens (tertiary/aromatic N) is 1. The SMILES string of the molecule is CCCC1NC(=O)C(C)(C)N(Cc2ccccc2Cl)C1=O. The van der Waals surface area contributed by atoms with Gasteiger partial charge in [-0.1, -0.05) is 43.1 Å². The van der Waals surface area contributed by atoms with E-state index in [-0.39, 0.29) is 11.8 Å². The summed E-state index contributed by atoms with van der Waals surface area (Å²) in [7, 11) is 0. The lowest BCUT2D eigenvalue weighted by molar-refractivity contribution is -0.156. The third-order valence-electron chi connectivity index (χ3n) is 3.96. The first-order valence-corrected chi connectivity index (χ1v) is 7.61. The standard InChI is InChI=1S/C16H21ClN2O2/c1-4-7-13-14(20)19(16(2,3)15(21)18-13)10-11-8-5-6-9-12(11)17/h5-6,8-9,13H,4,7,10H2,1-3H3,(H,18,21). The van der Waals surface area contributed by atoms with E-state index >= 15 is 0 Å². The number of benzene rings is 1. The zero-order chi connectivity index (χ0) is 15.6. The van der Waals surface area contributed by atoms with Gasteiger partial charge in [-0.05, 0) is 31.9 Å². The molecule has 2 amide bonds. The maximum absolute atomic E-state index is 12.7. The minimum absolute atomic E-state index is 0.0404. The molecule has 1 fully saturated rings. The summed E-state index contributed by atoms with van der Waals surface area (Å²) in [5.74, 6) is -0.158. The second-order valence-electron chi connectivity index (χ2n) is 5.89. The summed E-state index contributed by atoms with van der Waals surface area (Å²) in [6, 6.07) is 6.97. The summed E-state index contributed by atoms with van der Waals surface area (Å²) in [5, 5.41) is 3.43. The molecule has 0 aliphatic carbocycles. The molecule has 5 heteroatoms. The summed E-state index contributed by atoms with van der Waals surface area (Å²) in [6.07, 6.45) is 1.50. The number of amides is 2. The van der Waals surface area contributed by atoms with Crippen LogP contribution in [-0.2, 0) is 16.1 Å². The fourth-order valence-corrected chi connectivity index (χ4v) is 2.74. The number of nitrogens with one attached hydrogen (secondary N) is 1. The van der Waals surface area contributed by atoms with Gasteiger partial charge in [-0.15, -0.1) is 0 Å². The number of rotatable bonds is 4. The molecule has 1 unspecified atom stereocenters. The van der Waals surface area contributed by atoms with Gasteiger partial charge in [0.05, 0.1) is 0 Å². The van der Waals surface area contributed by atoms with E-state index < -0.39 is 11.6 Å². The molecular formula is C16H21ClN2O2. The van der Waals surface area contributed by atoms with E-state index in [4.69, 9.17) is 11.6 Å². The minimum Gasteiger partial charge on any atom is -0.342 e. The first-order chi connectivity index (χ1) is 9.87. The van der Waals surface area contributed by atoms with Crippen molar-refractivity contribution in [3.63, 3.8) is 0 Å². The van der Waals surface area contributed by atoms with Crippen molar-refractivity contribution in [3.8, 4) is 0 Å². The minimum atomic E-state index is -0.875. The van der Waals surface area contributed by atoms with Crippen molar-refractivity contribution in [2.45, 2.75) is 51.7 Å². The zero-order valence-electron chi connectivity index (χ0n) is 12.6. The van der Waals surface area contributed by atoms with Crippen molar-refractivity contribution in [2.24, 2.45) is 0 Å². The highest BCUT2D eigenvalue weighted by atomic mass is 35.5. The van der Waals surface area contributed by atoms with E-state index in [0.29, 0.717) is 18.0 Å². The van der Waals surface area contributed by atoms with Crippen molar-refractivity contribution in [1.82, 2.24) is 10.2 Å². The molecule has 114 valence electrons. The van der Waals surface area contributed by atoms with Gasteiger partial charge in [0.2, 0.25) is 11.8 Å². The fraction of sp³-hybridized carbons (Fsp3) is 0.500. The third-order valence-corrected chi connectivity index (χ3v) is 4.33. The maximum atomic E-state index is 12.7. The van der Waals surface area contributed by atoms with Crippen LogP contribution < -0.4 is 5.32 Å². The predicted octanol–water partition coefficient (Wildman–Crippen LogP) is 2.75. The van der Waals surface area contributed by atoms with E-state index in [1.54, 1.807) is 24.8 Å². The van der Waals surface area contributed by atoms with E-state index in [2.05, 4.69) is 5.32 Å². The summed E-state index contributed by atoms with van der Waals surface area (Å²) in [4.78, 5) is 26.6. The highest BCUT2D eigenvalue weighted by Gasteiger charge is 2.45. The lowest BCUT2D eigenvalue weighted by Crippen LogP contribution is -2.67. The Morgan fingerprint density at radius 2 is 1.95 bits per heavy atom. The van der Waals surface area contributed by atoms with Crippen LogP contribution >= 0.6 is 11.6 Å². The average molecular weight is 309 g/mol. The molecule has 2 rings (SSSR count). The number of hydrogen-bond donors (Lipinski definition) is 1. The molecule has 1 aliphatic heterocycles. The Balaban J connectivity index is 2.30. The van der Waals surface area contributed by atoms with Gasteiger partial charge in [0, 0.05) is 11.6 Å². The van der Waals surface area contributed by atoms with Crippen LogP contribution in [-0.4, -0.2) is 28.3 Å². The molecule has 0 bridgehead atoms. The molecule has 1 aromatic rings. The van der Waals surface area contributed by atoms with Gasteiger partial charge in [0.25, 0.3) is 0 Å². The summed E-state index contributed by atoms with van der Waals surface area (Å²) in [5.41, 5.74) is -0.0222. The quantitative estimate of drug-likeness (QED) is 0.930. The van der Waals surface area contributed by atoms with Crippen molar-refractivity contribution in [2.75, 3.05) is 0 Å². The van der Waals surface area contributed by atoms with Gasteiger partial charge in [-0.25, -0.2) is 0 Å². The number of carbonyl (C=O) groups excluding carboxylic acids is 2. The number of carbonyl (C=O) groups is 2. The van der Waals surface area contributed by atoms with Crippen LogP contribution in [0.1, 0.15) is 39.2 Å². The van der Waals surface area contributed by atoms with E-state index in [1.165, 1.54) is 0 Å². The van der Waals surface area contributed by atoms with Crippen molar-refractivity contribution in [1.29, 1.82) is 0 Å². The first-order valence-electron chi connectivity index (χ1n) is 7.23. The smallest absolute Gasteiger partial charge is 0.246 e. The van der Waals surface area contributed by atoms with E-state index in [0.717, 1.165) is 12.0 Å². The first kappa shape index (κ1) is 15.8. The molecule has 0 spiro atoms. The molecule has 1 heterocycles. The number of halogens is 1. The highest BCUT2D eigenvalue weighted by Crippen LogP contribution is 2.27. The molecule has 0 aromatic heterocycles. The van der Waals surface area contributed by atoms with Crippen molar-refractivity contribution >= 4 is 23.4 Å². The molecule has 1 saturated heterocycles. The molecule has 1 atom stereocenters. The topological polar surface area (TPSA) is 49.4 Å². The van der Waals surface area contributed by atoms with Gasteiger partial charge in [0.1, 0.15) is 11.6 Å². The van der Waals surface area contributed by atoms with Crippen LogP contribution in [0.15, 0.2) is 24.3 Å². The van der Waals surface area contributed by atoms with Gasteiger partial charge in [-0.2, -0.15) is 0 Å². The Bertz CT molecular complexity index is 557. The van der Waals surface area contributed by atoms with Crippen LogP contribution in [0.5, 0.6) is 0 Å². The van der Waals surface area contributed by atoms with Crippen LogP contribution in [0.25, 0.3) is 0 Å². The largest absolute Gasteiger partial charge is 0.342 e. The lowest BCUT2D eigenvalue weighted by Gasteiger charge is -2.44. The molecule has 21 heavy (non-hydrogen) atoms. The Morgan fingerprint density at radius 1 is 1.29 bits per heavy atom. The molecule has 0 radical (unpaired) electrons. The molecule has 1 aliphatic rings. The van der Waals surface area contributed by atoms with E-state index in [1.807, 2.05) is 25.1 Å². The molecule has 1 N–H and O–H groups in total. The van der Waals surface area contributed by atoms with Gasteiger partial charge in [0.15, 0.2) is 0 Å². The lowest BCUT2D eigenvalue weighted by atomic mass is 9.93. The second kappa shape index (κ2) is 6.06. The molecule has 1 aromatic carbocycles. The Kier molecular flexibility index (Phi) is 4.57. The van der Waals surface area contributed by atoms with E-state index in [9.17, 15) is 9.59 Å². The number of hydrogen-bond acceptors (Lipinski definition) is 2. The van der Waals surface area contributed by atoms with Crippen LogP contribution in [0.4, 0.5) is 0 Å². The number of piperazine rings is 1. The third kappa shape index (κ3) is 3.05. The normalized spacial score (nSPS) is 21.3. The molecular weight excluding hydrogens is 288 g/mol. The fourth-order valence-electron chi connectivity index (χ4n) is 2.54. The summed E-state index contributed by atoms with van der Waals surface area (Å²) >= 11 is 6.18. The van der Waals surface area contributed by atoms with Crippen LogP contribution in [0.2, 0.25) is 5.02 Å².